The van der Waals surface area contributed by atoms with Crippen molar-refractivity contribution in [1.29, 1.82) is 0 Å². The van der Waals surface area contributed by atoms with Gasteiger partial charge in [0.15, 0.2) is 5.96 Å². The lowest BCUT2D eigenvalue weighted by Gasteiger charge is -2.32. The number of guanidine groups is 1. The van der Waals surface area contributed by atoms with Crippen LogP contribution in [0.15, 0.2) is 17.4 Å². The van der Waals surface area contributed by atoms with E-state index in [1.54, 1.807) is 0 Å². The molecule has 0 fully saturated rings. The number of unbranched alkanes of at least 4 members (excludes halogenated alkanes) is 1. The first-order chi connectivity index (χ1) is 14.1. The zero-order valence-corrected chi connectivity index (χ0v) is 20.0. The van der Waals surface area contributed by atoms with Crippen LogP contribution in [-0.2, 0) is 11.3 Å². The minimum Gasteiger partial charge on any atom is -0.444 e. The molecule has 8 nitrogen and oxygen atoms in total. The number of alkyl carbamates (subject to hydrolysis) is 1. The summed E-state index contributed by atoms with van der Waals surface area (Å²) in [6.45, 7) is 16.9. The van der Waals surface area contributed by atoms with Crippen LogP contribution in [0.5, 0.6) is 0 Å². The standard InChI is InChI=1S/C22H42N6O2/c1-8-22(9-2,27-20(29)30-21(5,6)7)17-26-19(23-10-3)25-13-11-12-15-28-16-14-24-18(28)4/h14,16H,8-13,15,17H2,1-7H3,(H,27,29)(H2,23,25,26). The maximum absolute atomic E-state index is 12.3. The second-order valence-corrected chi connectivity index (χ2v) is 8.61. The third kappa shape index (κ3) is 9.50. The highest BCUT2D eigenvalue weighted by atomic mass is 16.6. The molecule has 1 aromatic rings. The topological polar surface area (TPSA) is 92.6 Å². The van der Waals surface area contributed by atoms with Crippen molar-refractivity contribution in [3.63, 3.8) is 0 Å². The number of hydrogen-bond acceptors (Lipinski definition) is 4. The van der Waals surface area contributed by atoms with Gasteiger partial charge in [0.2, 0.25) is 0 Å². The van der Waals surface area contributed by atoms with Crippen LogP contribution >= 0.6 is 0 Å². The number of carbonyl (C=O) groups excluding carboxylic acids is 1. The van der Waals surface area contributed by atoms with Crippen LogP contribution in [0.3, 0.4) is 0 Å². The van der Waals surface area contributed by atoms with Gasteiger partial charge in [0, 0.05) is 32.0 Å². The highest BCUT2D eigenvalue weighted by Crippen LogP contribution is 2.17. The summed E-state index contributed by atoms with van der Waals surface area (Å²) in [5.41, 5.74) is -0.948. The van der Waals surface area contributed by atoms with Crippen LogP contribution in [0.4, 0.5) is 4.79 Å². The van der Waals surface area contributed by atoms with E-state index in [1.807, 2.05) is 47.0 Å². The van der Waals surface area contributed by atoms with E-state index in [0.29, 0.717) is 6.54 Å². The summed E-state index contributed by atoms with van der Waals surface area (Å²) in [6.07, 6.45) is 7.10. The Hall–Kier alpha value is -2.25. The quantitative estimate of drug-likeness (QED) is 0.288. The van der Waals surface area contributed by atoms with Gasteiger partial charge in [0.05, 0.1) is 12.1 Å². The molecule has 172 valence electrons. The van der Waals surface area contributed by atoms with Crippen LogP contribution in [0.25, 0.3) is 0 Å². The van der Waals surface area contributed by atoms with E-state index in [0.717, 1.165) is 57.1 Å². The van der Waals surface area contributed by atoms with Crippen LogP contribution in [0.2, 0.25) is 0 Å². The smallest absolute Gasteiger partial charge is 0.408 e. The summed E-state index contributed by atoms with van der Waals surface area (Å²) in [5.74, 6) is 1.82. The fourth-order valence-corrected chi connectivity index (χ4v) is 3.04. The van der Waals surface area contributed by atoms with Crippen molar-refractivity contribution >= 4 is 12.1 Å². The number of aromatic nitrogens is 2. The largest absolute Gasteiger partial charge is 0.444 e. The number of nitrogens with zero attached hydrogens (tertiary/aromatic N) is 3. The first-order valence-corrected chi connectivity index (χ1v) is 11.2. The van der Waals surface area contributed by atoms with Crippen LogP contribution in [0, 0.1) is 6.92 Å². The molecule has 0 aliphatic heterocycles. The lowest BCUT2D eigenvalue weighted by atomic mass is 9.93. The van der Waals surface area contributed by atoms with Gasteiger partial charge in [-0.25, -0.2) is 9.78 Å². The fraction of sp³-hybridized carbons (Fsp3) is 0.773. The van der Waals surface area contributed by atoms with Gasteiger partial charge in [-0.05, 0) is 60.3 Å². The van der Waals surface area contributed by atoms with Crippen molar-refractivity contribution in [2.75, 3.05) is 19.6 Å². The summed E-state index contributed by atoms with van der Waals surface area (Å²) < 4.78 is 7.61. The fourth-order valence-electron chi connectivity index (χ4n) is 3.04. The number of rotatable bonds is 11. The zero-order chi connectivity index (χ0) is 22.6. The molecule has 1 rings (SSSR count). The summed E-state index contributed by atoms with van der Waals surface area (Å²) in [4.78, 5) is 21.3. The van der Waals surface area contributed by atoms with Gasteiger partial charge in [-0.1, -0.05) is 13.8 Å². The molecule has 3 N–H and O–H groups in total. The van der Waals surface area contributed by atoms with Gasteiger partial charge in [0.25, 0.3) is 0 Å². The molecular weight excluding hydrogens is 380 g/mol. The molecule has 1 amide bonds. The highest BCUT2D eigenvalue weighted by Gasteiger charge is 2.30. The molecule has 8 heteroatoms. The normalized spacial score (nSPS) is 12.6. The van der Waals surface area contributed by atoms with E-state index in [1.165, 1.54) is 0 Å². The molecule has 0 atom stereocenters. The van der Waals surface area contributed by atoms with Crippen molar-refractivity contribution in [2.24, 2.45) is 4.99 Å². The maximum atomic E-state index is 12.3. The van der Waals surface area contributed by atoms with Gasteiger partial charge in [-0.3, -0.25) is 4.99 Å². The molecule has 30 heavy (non-hydrogen) atoms. The van der Waals surface area contributed by atoms with E-state index >= 15 is 0 Å². The maximum Gasteiger partial charge on any atom is 0.408 e. The van der Waals surface area contributed by atoms with Crippen molar-refractivity contribution < 1.29 is 9.53 Å². The average Bonchev–Trinajstić information content (AvgIpc) is 3.08. The Bertz CT molecular complexity index is 659. The number of nitrogens with one attached hydrogen (secondary N) is 3. The van der Waals surface area contributed by atoms with E-state index in [-0.39, 0.29) is 0 Å². The molecule has 0 aliphatic carbocycles. The van der Waals surface area contributed by atoms with Crippen molar-refractivity contribution in [1.82, 2.24) is 25.5 Å². The SMILES string of the molecule is CCNC(=NCC(CC)(CC)NC(=O)OC(C)(C)C)NCCCCn1ccnc1C. The summed E-state index contributed by atoms with van der Waals surface area (Å²) in [7, 11) is 0. The molecule has 0 radical (unpaired) electrons. The lowest BCUT2D eigenvalue weighted by Crippen LogP contribution is -2.52. The van der Waals surface area contributed by atoms with Crippen LogP contribution in [0.1, 0.15) is 73.1 Å². The Morgan fingerprint density at radius 1 is 1.17 bits per heavy atom. The first kappa shape index (κ1) is 25.8. The highest BCUT2D eigenvalue weighted by molar-refractivity contribution is 5.79. The predicted octanol–water partition coefficient (Wildman–Crippen LogP) is 3.61. The van der Waals surface area contributed by atoms with Crippen molar-refractivity contribution in [3.8, 4) is 0 Å². The molecular formula is C22H42N6O2. The molecule has 1 aromatic heterocycles. The Morgan fingerprint density at radius 2 is 1.87 bits per heavy atom. The minimum absolute atomic E-state index is 0.394. The van der Waals surface area contributed by atoms with Gasteiger partial charge >= 0.3 is 6.09 Å². The second kappa shape index (κ2) is 12.4. The van der Waals surface area contributed by atoms with Crippen LogP contribution in [-0.4, -0.2) is 52.4 Å². The Balaban J connectivity index is 2.59. The number of ether oxygens (including phenoxy) is 1. The molecule has 0 bridgehead atoms. The third-order valence-corrected chi connectivity index (χ3v) is 5.05. The van der Waals surface area contributed by atoms with E-state index in [2.05, 4.69) is 39.3 Å². The van der Waals surface area contributed by atoms with E-state index in [9.17, 15) is 4.79 Å². The third-order valence-electron chi connectivity index (χ3n) is 5.05. The molecule has 0 saturated heterocycles. The number of aliphatic imine (C=N–C) groups is 1. The van der Waals surface area contributed by atoms with Crippen molar-refractivity contribution in [2.45, 2.75) is 91.8 Å². The summed E-state index contributed by atoms with van der Waals surface area (Å²) in [6, 6.07) is 0. The molecule has 0 spiro atoms. The van der Waals surface area contributed by atoms with E-state index in [4.69, 9.17) is 9.73 Å². The second-order valence-electron chi connectivity index (χ2n) is 8.61. The number of aryl methyl sites for hydroxylation is 2. The van der Waals surface area contributed by atoms with Gasteiger partial charge < -0.3 is 25.3 Å². The Morgan fingerprint density at radius 3 is 2.40 bits per heavy atom. The lowest BCUT2D eigenvalue weighted by molar-refractivity contribution is 0.0452. The van der Waals surface area contributed by atoms with Gasteiger partial charge in [-0.15, -0.1) is 0 Å². The zero-order valence-electron chi connectivity index (χ0n) is 20.0. The molecule has 0 aliphatic rings. The van der Waals surface area contributed by atoms with Gasteiger partial charge in [0.1, 0.15) is 11.4 Å². The Labute approximate surface area is 182 Å². The number of carbonyl (C=O) groups is 1. The number of hydrogen-bond donors (Lipinski definition) is 3. The van der Waals surface area contributed by atoms with Crippen molar-refractivity contribution in [3.05, 3.63) is 18.2 Å². The number of imidazole rings is 1. The molecule has 0 aromatic carbocycles. The monoisotopic (exact) mass is 422 g/mol. The van der Waals surface area contributed by atoms with Gasteiger partial charge in [-0.2, -0.15) is 0 Å². The average molecular weight is 423 g/mol. The molecule has 1 heterocycles. The summed E-state index contributed by atoms with van der Waals surface area (Å²) >= 11 is 0. The van der Waals surface area contributed by atoms with Crippen LogP contribution < -0.4 is 16.0 Å². The Kier molecular flexibility index (Phi) is 10.7. The first-order valence-electron chi connectivity index (χ1n) is 11.2. The summed E-state index contributed by atoms with van der Waals surface area (Å²) in [5, 5.41) is 9.73. The number of amides is 1. The predicted molar refractivity (Wildman–Crippen MR) is 123 cm³/mol. The van der Waals surface area contributed by atoms with E-state index < -0.39 is 17.2 Å². The minimum atomic E-state index is -0.522. The molecule has 0 saturated carbocycles. The molecule has 0 unspecified atom stereocenters.